The summed E-state index contributed by atoms with van der Waals surface area (Å²) in [5, 5.41) is 12.4. The number of rotatable bonds is 5. The van der Waals surface area contributed by atoms with Gasteiger partial charge in [0.1, 0.15) is 5.54 Å². The van der Waals surface area contributed by atoms with Crippen molar-refractivity contribution in [2.45, 2.75) is 44.2 Å². The molecule has 110 valence electrons. The molecule has 5 heteroatoms. The van der Waals surface area contributed by atoms with E-state index in [1.54, 1.807) is 7.05 Å². The number of aliphatic carboxylic acids is 1. The van der Waals surface area contributed by atoms with Crippen molar-refractivity contribution in [3.8, 4) is 0 Å². The molecule has 1 aliphatic heterocycles. The van der Waals surface area contributed by atoms with E-state index in [0.717, 1.165) is 45.4 Å². The lowest BCUT2D eigenvalue weighted by molar-refractivity contribution is -0.144. The molecule has 2 rings (SSSR count). The van der Waals surface area contributed by atoms with Crippen molar-refractivity contribution >= 4 is 5.97 Å². The molecule has 0 radical (unpaired) electrons. The van der Waals surface area contributed by atoms with Gasteiger partial charge in [0.15, 0.2) is 0 Å². The molecule has 1 saturated carbocycles. The third kappa shape index (κ3) is 3.09. The average Bonchev–Trinajstić information content (AvgIpc) is 2.86. The molecule has 0 spiro atoms. The molecule has 2 aliphatic rings. The molecule has 2 N–H and O–H groups in total. The highest BCUT2D eigenvalue weighted by molar-refractivity contribution is 5.79. The molecule has 2 unspecified atom stereocenters. The third-order valence-corrected chi connectivity index (χ3v) is 4.84. The van der Waals surface area contributed by atoms with Gasteiger partial charge in [-0.1, -0.05) is 6.92 Å². The number of carbonyl (C=O) groups is 1. The standard InChI is InChI=1S/C14H27N3O2/c1-3-6-16-7-9-17(10-8-16)12-4-5-14(11-12,15-2)13(18)19/h12,15H,3-11H2,1-2H3,(H,18,19). The molecular weight excluding hydrogens is 242 g/mol. The Balaban J connectivity index is 1.87. The first-order chi connectivity index (χ1) is 9.11. The Hall–Kier alpha value is -0.650. The van der Waals surface area contributed by atoms with Crippen LogP contribution in [0, 0.1) is 0 Å². The van der Waals surface area contributed by atoms with Gasteiger partial charge in [0.25, 0.3) is 0 Å². The number of likely N-dealkylation sites (N-methyl/N-ethyl adjacent to an activating group) is 1. The number of nitrogens with one attached hydrogen (secondary N) is 1. The zero-order valence-corrected chi connectivity index (χ0v) is 12.2. The number of hydrogen-bond acceptors (Lipinski definition) is 4. The molecule has 0 bridgehead atoms. The number of nitrogens with zero attached hydrogens (tertiary/aromatic N) is 2. The number of carboxylic acid groups (broad SMARTS) is 1. The summed E-state index contributed by atoms with van der Waals surface area (Å²) in [7, 11) is 1.77. The molecule has 0 amide bonds. The SMILES string of the molecule is CCCN1CCN(C2CCC(NC)(C(=O)O)C2)CC1. The highest BCUT2D eigenvalue weighted by atomic mass is 16.4. The maximum atomic E-state index is 11.4. The molecule has 5 nitrogen and oxygen atoms in total. The van der Waals surface area contributed by atoms with Gasteiger partial charge in [-0.3, -0.25) is 9.69 Å². The van der Waals surface area contributed by atoms with Crippen molar-refractivity contribution in [2.75, 3.05) is 39.8 Å². The van der Waals surface area contributed by atoms with Crippen molar-refractivity contribution in [3.63, 3.8) is 0 Å². The van der Waals surface area contributed by atoms with Crippen LogP contribution < -0.4 is 5.32 Å². The first kappa shape index (κ1) is 14.8. The molecular formula is C14H27N3O2. The molecule has 0 aromatic rings. The lowest BCUT2D eigenvalue weighted by Gasteiger charge is -2.38. The van der Waals surface area contributed by atoms with Crippen LogP contribution in [0.1, 0.15) is 32.6 Å². The maximum absolute atomic E-state index is 11.4. The fourth-order valence-corrected chi connectivity index (χ4v) is 3.53. The second-order valence-corrected chi connectivity index (χ2v) is 5.91. The van der Waals surface area contributed by atoms with Crippen LogP contribution in [0.3, 0.4) is 0 Å². The van der Waals surface area contributed by atoms with Crippen LogP contribution in [0.4, 0.5) is 0 Å². The second-order valence-electron chi connectivity index (χ2n) is 5.91. The van der Waals surface area contributed by atoms with Gasteiger partial charge in [-0.2, -0.15) is 0 Å². The van der Waals surface area contributed by atoms with Gasteiger partial charge in [-0.25, -0.2) is 0 Å². The van der Waals surface area contributed by atoms with E-state index in [1.165, 1.54) is 13.0 Å². The minimum atomic E-state index is -0.692. The van der Waals surface area contributed by atoms with E-state index in [4.69, 9.17) is 0 Å². The Morgan fingerprint density at radius 3 is 2.53 bits per heavy atom. The molecule has 1 heterocycles. The number of carboxylic acids is 1. The molecule has 2 fully saturated rings. The van der Waals surface area contributed by atoms with E-state index < -0.39 is 11.5 Å². The predicted molar refractivity (Wildman–Crippen MR) is 75.4 cm³/mol. The summed E-state index contributed by atoms with van der Waals surface area (Å²) in [5.41, 5.74) is -0.689. The minimum Gasteiger partial charge on any atom is -0.480 e. The van der Waals surface area contributed by atoms with Gasteiger partial charge in [-0.15, -0.1) is 0 Å². The Labute approximate surface area is 115 Å². The van der Waals surface area contributed by atoms with Crippen LogP contribution in [0.5, 0.6) is 0 Å². The second kappa shape index (κ2) is 6.20. The van der Waals surface area contributed by atoms with Crippen LogP contribution in [-0.2, 0) is 4.79 Å². The van der Waals surface area contributed by atoms with Crippen LogP contribution in [0.15, 0.2) is 0 Å². The smallest absolute Gasteiger partial charge is 0.323 e. The normalized spacial score (nSPS) is 33.7. The van der Waals surface area contributed by atoms with E-state index in [1.807, 2.05) is 0 Å². The summed E-state index contributed by atoms with van der Waals surface area (Å²) in [4.78, 5) is 16.4. The molecule has 0 aromatic carbocycles. The Kier molecular flexibility index (Phi) is 4.81. The number of hydrogen-bond donors (Lipinski definition) is 2. The first-order valence-electron chi connectivity index (χ1n) is 7.50. The Morgan fingerprint density at radius 2 is 2.05 bits per heavy atom. The van der Waals surface area contributed by atoms with Crippen LogP contribution in [-0.4, -0.2) is 72.2 Å². The van der Waals surface area contributed by atoms with E-state index in [-0.39, 0.29) is 0 Å². The van der Waals surface area contributed by atoms with E-state index >= 15 is 0 Å². The van der Waals surface area contributed by atoms with Crippen LogP contribution >= 0.6 is 0 Å². The van der Waals surface area contributed by atoms with Crippen molar-refractivity contribution in [1.82, 2.24) is 15.1 Å². The summed E-state index contributed by atoms with van der Waals surface area (Å²) >= 11 is 0. The van der Waals surface area contributed by atoms with Gasteiger partial charge in [-0.05, 0) is 39.3 Å². The fourth-order valence-electron chi connectivity index (χ4n) is 3.53. The highest BCUT2D eigenvalue weighted by Gasteiger charge is 2.46. The van der Waals surface area contributed by atoms with Gasteiger partial charge in [0, 0.05) is 32.2 Å². The summed E-state index contributed by atoms with van der Waals surface area (Å²) in [6.07, 6.45) is 3.71. The molecule has 2 atom stereocenters. The Morgan fingerprint density at radius 1 is 1.37 bits per heavy atom. The monoisotopic (exact) mass is 269 g/mol. The van der Waals surface area contributed by atoms with Crippen molar-refractivity contribution in [3.05, 3.63) is 0 Å². The molecule has 1 saturated heterocycles. The summed E-state index contributed by atoms with van der Waals surface area (Å²) in [5.74, 6) is -0.692. The average molecular weight is 269 g/mol. The Bertz CT molecular complexity index is 316. The fraction of sp³-hybridized carbons (Fsp3) is 0.929. The summed E-state index contributed by atoms with van der Waals surface area (Å²) in [6.45, 7) is 7.84. The zero-order valence-electron chi connectivity index (χ0n) is 12.2. The van der Waals surface area contributed by atoms with Crippen molar-refractivity contribution in [1.29, 1.82) is 0 Å². The van der Waals surface area contributed by atoms with Crippen LogP contribution in [0.2, 0.25) is 0 Å². The topological polar surface area (TPSA) is 55.8 Å². The summed E-state index contributed by atoms with van der Waals surface area (Å²) in [6, 6.07) is 0.437. The minimum absolute atomic E-state index is 0.437. The highest BCUT2D eigenvalue weighted by Crippen LogP contribution is 2.33. The van der Waals surface area contributed by atoms with Gasteiger partial charge in [0.05, 0.1) is 0 Å². The maximum Gasteiger partial charge on any atom is 0.323 e. The lowest BCUT2D eigenvalue weighted by atomic mass is 9.97. The first-order valence-corrected chi connectivity index (χ1v) is 7.50. The molecule has 1 aliphatic carbocycles. The quantitative estimate of drug-likeness (QED) is 0.766. The van der Waals surface area contributed by atoms with E-state index in [0.29, 0.717) is 6.04 Å². The third-order valence-electron chi connectivity index (χ3n) is 4.84. The molecule has 0 aromatic heterocycles. The zero-order chi connectivity index (χ0) is 13.9. The van der Waals surface area contributed by atoms with Gasteiger partial charge >= 0.3 is 5.97 Å². The van der Waals surface area contributed by atoms with Crippen molar-refractivity contribution in [2.24, 2.45) is 0 Å². The number of piperazine rings is 1. The lowest BCUT2D eigenvalue weighted by Crippen LogP contribution is -2.52. The van der Waals surface area contributed by atoms with E-state index in [2.05, 4.69) is 22.0 Å². The molecule has 19 heavy (non-hydrogen) atoms. The van der Waals surface area contributed by atoms with E-state index in [9.17, 15) is 9.90 Å². The largest absolute Gasteiger partial charge is 0.480 e. The van der Waals surface area contributed by atoms with Crippen molar-refractivity contribution < 1.29 is 9.90 Å². The van der Waals surface area contributed by atoms with Gasteiger partial charge < -0.3 is 15.3 Å². The van der Waals surface area contributed by atoms with Gasteiger partial charge in [0.2, 0.25) is 0 Å². The predicted octanol–water partition coefficient (Wildman–Crippen LogP) is 0.609. The summed E-state index contributed by atoms with van der Waals surface area (Å²) < 4.78 is 0. The van der Waals surface area contributed by atoms with Crippen LogP contribution in [0.25, 0.3) is 0 Å².